The molecule has 0 saturated heterocycles. The average Bonchev–Trinajstić information content (AvgIpc) is 3.17. The van der Waals surface area contributed by atoms with Crippen LogP contribution in [0.5, 0.6) is 0 Å². The Balaban J connectivity index is 1.58. The first-order valence-corrected chi connectivity index (χ1v) is 10.2. The third-order valence-corrected chi connectivity index (χ3v) is 6.29. The Morgan fingerprint density at radius 3 is 1.48 bits per heavy atom. The highest BCUT2D eigenvalue weighted by Crippen LogP contribution is 2.38. The Hall–Kier alpha value is -1.72. The summed E-state index contributed by atoms with van der Waals surface area (Å²) in [6.45, 7) is 4.74. The van der Waals surface area contributed by atoms with Crippen LogP contribution in [0.2, 0.25) is 0 Å². The molecule has 0 spiro atoms. The molecule has 0 amide bonds. The van der Waals surface area contributed by atoms with E-state index in [2.05, 4.69) is 13.8 Å². The maximum atomic E-state index is 12.7. The number of ether oxygens (including phenoxy) is 4. The molecule has 6 nitrogen and oxygen atoms in total. The predicted molar refractivity (Wildman–Crippen MR) is 98.3 cm³/mol. The monoisotopic (exact) mass is 380 g/mol. The zero-order valence-corrected chi connectivity index (χ0v) is 16.6. The Kier molecular flexibility index (Phi) is 6.02. The molecule has 2 aliphatic carbocycles. The normalized spacial score (nSPS) is 25.1. The van der Waals surface area contributed by atoms with Crippen molar-refractivity contribution >= 4 is 11.9 Å². The van der Waals surface area contributed by atoms with Crippen molar-refractivity contribution in [1.82, 2.24) is 0 Å². The van der Waals surface area contributed by atoms with Crippen molar-refractivity contribution in [1.29, 1.82) is 0 Å². The van der Waals surface area contributed by atoms with E-state index in [0.29, 0.717) is 0 Å². The molecule has 0 aromatic heterocycles. The van der Waals surface area contributed by atoms with Gasteiger partial charge < -0.3 is 18.9 Å². The summed E-state index contributed by atoms with van der Waals surface area (Å²) in [6, 6.07) is 0. The molecule has 1 aliphatic heterocycles. The van der Waals surface area contributed by atoms with Gasteiger partial charge >= 0.3 is 17.7 Å². The summed E-state index contributed by atoms with van der Waals surface area (Å²) in [5.41, 5.74) is -0.110. The van der Waals surface area contributed by atoms with E-state index in [-0.39, 0.29) is 24.0 Å². The van der Waals surface area contributed by atoms with Crippen LogP contribution in [0.3, 0.4) is 0 Å². The van der Waals surface area contributed by atoms with Gasteiger partial charge in [-0.3, -0.25) is 0 Å². The largest absolute Gasteiger partial charge is 0.459 e. The number of carbonyl (C=O) groups is 2. The number of carbonyl (C=O) groups excluding carboxylic acids is 2. The molecule has 3 rings (SSSR count). The molecule has 0 aromatic rings. The van der Waals surface area contributed by atoms with Gasteiger partial charge in [0, 0.05) is 10.8 Å². The third kappa shape index (κ3) is 4.58. The number of hydrogen-bond donors (Lipinski definition) is 0. The quantitative estimate of drug-likeness (QED) is 0.507. The zero-order valence-electron chi connectivity index (χ0n) is 16.6. The van der Waals surface area contributed by atoms with Crippen LogP contribution in [0.25, 0.3) is 0 Å². The topological polar surface area (TPSA) is 71.1 Å². The van der Waals surface area contributed by atoms with Crippen LogP contribution in [-0.4, -0.2) is 30.9 Å². The van der Waals surface area contributed by atoms with Gasteiger partial charge in [-0.1, -0.05) is 52.4 Å². The molecular weight excluding hydrogens is 348 g/mol. The first-order valence-electron chi connectivity index (χ1n) is 10.2. The minimum absolute atomic E-state index is 0.0549. The van der Waals surface area contributed by atoms with Gasteiger partial charge in [0.15, 0.2) is 0 Å². The molecule has 0 aromatic carbocycles. The predicted octanol–water partition coefficient (Wildman–Crippen LogP) is 4.23. The van der Waals surface area contributed by atoms with Gasteiger partial charge in [-0.2, -0.15) is 0 Å². The van der Waals surface area contributed by atoms with Crippen molar-refractivity contribution in [2.24, 2.45) is 10.8 Å². The molecule has 0 atom stereocenters. The van der Waals surface area contributed by atoms with Crippen LogP contribution in [0.4, 0.5) is 0 Å². The van der Waals surface area contributed by atoms with Gasteiger partial charge in [0.1, 0.15) is 12.5 Å². The van der Waals surface area contributed by atoms with Crippen molar-refractivity contribution in [2.75, 3.05) is 13.2 Å². The van der Waals surface area contributed by atoms with Crippen molar-refractivity contribution in [3.63, 3.8) is 0 Å². The lowest BCUT2D eigenvalue weighted by atomic mass is 9.76. The molecule has 0 N–H and O–H groups in total. The van der Waals surface area contributed by atoms with Crippen LogP contribution in [0.1, 0.15) is 78.1 Å². The van der Waals surface area contributed by atoms with Crippen molar-refractivity contribution in [3.8, 4) is 0 Å². The minimum Gasteiger partial charge on any atom is -0.459 e. The second kappa shape index (κ2) is 8.11. The fraction of sp³-hybridized carbons (Fsp3) is 0.810. The zero-order chi connectivity index (χ0) is 19.4. The van der Waals surface area contributed by atoms with Crippen LogP contribution in [0.15, 0.2) is 12.5 Å². The number of rotatable bonds is 6. The van der Waals surface area contributed by atoms with E-state index < -0.39 is 17.7 Å². The summed E-state index contributed by atoms with van der Waals surface area (Å²) in [6.07, 6.45) is 13.4. The van der Waals surface area contributed by atoms with E-state index >= 15 is 0 Å². The maximum absolute atomic E-state index is 12.7. The van der Waals surface area contributed by atoms with E-state index in [4.69, 9.17) is 18.9 Å². The fourth-order valence-corrected chi connectivity index (χ4v) is 4.32. The first kappa shape index (κ1) is 20.0. The molecule has 0 unspecified atom stereocenters. The summed E-state index contributed by atoms with van der Waals surface area (Å²) in [5.74, 6) is -3.83. The number of hydrogen-bond acceptors (Lipinski definition) is 6. The van der Waals surface area contributed by atoms with Gasteiger partial charge in [0.25, 0.3) is 0 Å². The van der Waals surface area contributed by atoms with E-state index in [1.165, 1.54) is 25.4 Å². The molecule has 3 aliphatic rings. The standard InChI is InChI=1S/C21H32O6/c1-19(9-5-3-6-10-19)15-24-17(22)21(26-13-14-27-21)18(23)25-16-20(2)11-7-4-8-12-20/h13-14H,3-12,15-16H2,1-2H3. The van der Waals surface area contributed by atoms with Crippen molar-refractivity contribution < 1.29 is 28.5 Å². The van der Waals surface area contributed by atoms with Gasteiger partial charge in [-0.05, 0) is 25.7 Å². The highest BCUT2D eigenvalue weighted by atomic mass is 16.8. The van der Waals surface area contributed by atoms with Gasteiger partial charge in [-0.15, -0.1) is 0 Å². The summed E-state index contributed by atoms with van der Waals surface area (Å²) in [4.78, 5) is 25.4. The Morgan fingerprint density at radius 2 is 1.11 bits per heavy atom. The van der Waals surface area contributed by atoms with Crippen molar-refractivity contribution in [2.45, 2.75) is 83.8 Å². The van der Waals surface area contributed by atoms with E-state index in [9.17, 15) is 9.59 Å². The summed E-state index contributed by atoms with van der Waals surface area (Å²) < 4.78 is 21.5. The molecule has 1 heterocycles. The Labute approximate surface area is 161 Å². The van der Waals surface area contributed by atoms with Crippen LogP contribution in [-0.2, 0) is 28.5 Å². The summed E-state index contributed by atoms with van der Waals surface area (Å²) in [7, 11) is 0. The fourth-order valence-electron chi connectivity index (χ4n) is 4.32. The Morgan fingerprint density at radius 1 is 0.741 bits per heavy atom. The minimum atomic E-state index is -2.16. The summed E-state index contributed by atoms with van der Waals surface area (Å²) in [5, 5.41) is 0. The third-order valence-electron chi connectivity index (χ3n) is 6.29. The smallest absolute Gasteiger partial charge is 0.452 e. The maximum Gasteiger partial charge on any atom is 0.452 e. The molecule has 6 heteroatoms. The van der Waals surface area contributed by atoms with E-state index in [0.717, 1.165) is 51.4 Å². The summed E-state index contributed by atoms with van der Waals surface area (Å²) >= 11 is 0. The van der Waals surface area contributed by atoms with E-state index in [1.54, 1.807) is 0 Å². The van der Waals surface area contributed by atoms with Crippen LogP contribution < -0.4 is 0 Å². The molecule has 2 fully saturated rings. The lowest BCUT2D eigenvalue weighted by Gasteiger charge is -2.35. The molecule has 0 radical (unpaired) electrons. The molecule has 152 valence electrons. The van der Waals surface area contributed by atoms with E-state index in [1.807, 2.05) is 0 Å². The lowest BCUT2D eigenvalue weighted by Crippen LogP contribution is -2.51. The Bertz CT molecular complexity index is 519. The first-order chi connectivity index (χ1) is 12.9. The number of esters is 2. The highest BCUT2D eigenvalue weighted by Gasteiger charge is 2.57. The molecule has 0 bridgehead atoms. The van der Waals surface area contributed by atoms with Gasteiger partial charge in [0.2, 0.25) is 0 Å². The van der Waals surface area contributed by atoms with Crippen LogP contribution in [0, 0.1) is 10.8 Å². The molecular formula is C21H32O6. The van der Waals surface area contributed by atoms with Crippen molar-refractivity contribution in [3.05, 3.63) is 12.5 Å². The van der Waals surface area contributed by atoms with Gasteiger partial charge in [0.05, 0.1) is 13.2 Å². The molecule has 27 heavy (non-hydrogen) atoms. The van der Waals surface area contributed by atoms with Gasteiger partial charge in [-0.25, -0.2) is 9.59 Å². The van der Waals surface area contributed by atoms with Crippen LogP contribution >= 0.6 is 0 Å². The highest BCUT2D eigenvalue weighted by molar-refractivity contribution is 6.02. The molecule has 2 saturated carbocycles. The lowest BCUT2D eigenvalue weighted by molar-refractivity contribution is -0.221. The second-order valence-corrected chi connectivity index (χ2v) is 9.02. The SMILES string of the molecule is CC1(COC(=O)C2(C(=O)OCC3(C)CCCCC3)OC=CO2)CCCCC1. The average molecular weight is 380 g/mol. The second-order valence-electron chi connectivity index (χ2n) is 9.02.